The van der Waals surface area contributed by atoms with Crippen LogP contribution in [0.1, 0.15) is 19.5 Å². The third kappa shape index (κ3) is 4.70. The van der Waals surface area contributed by atoms with Gasteiger partial charge in [-0.15, -0.1) is 0 Å². The Balaban J connectivity index is 1.65. The number of para-hydroxylation sites is 2. The first-order valence-corrected chi connectivity index (χ1v) is 8.56. The number of carbonyl (C=O) groups excluding carboxylic acids is 1. The van der Waals surface area contributed by atoms with Crippen molar-refractivity contribution in [3.8, 4) is 0 Å². The minimum absolute atomic E-state index is 0.162. The van der Waals surface area contributed by atoms with Crippen LogP contribution in [0.3, 0.4) is 0 Å². The van der Waals surface area contributed by atoms with Crippen molar-refractivity contribution >= 4 is 17.4 Å². The maximum Gasteiger partial charge on any atom is 0.319 e. The van der Waals surface area contributed by atoms with Gasteiger partial charge in [0.25, 0.3) is 0 Å². The van der Waals surface area contributed by atoms with Gasteiger partial charge >= 0.3 is 6.03 Å². The second-order valence-electron chi connectivity index (χ2n) is 6.31. The van der Waals surface area contributed by atoms with E-state index in [0.29, 0.717) is 6.54 Å². The molecule has 6 nitrogen and oxygen atoms in total. The smallest absolute Gasteiger partial charge is 0.319 e. The van der Waals surface area contributed by atoms with Crippen LogP contribution in [0, 0.1) is 0 Å². The number of hydrogen-bond donors (Lipinski definition) is 2. The molecule has 0 unspecified atom stereocenters. The molecule has 1 aromatic carbocycles. The molecule has 2 heterocycles. The molecular formula is C19H24N4O2. The van der Waals surface area contributed by atoms with E-state index in [-0.39, 0.29) is 18.2 Å². The SMILES string of the molecule is C[C@H]1CN(c2ccccc2NC(=O)NCc2ccccn2)C[C@H](C)O1. The van der Waals surface area contributed by atoms with Crippen LogP contribution in [-0.2, 0) is 11.3 Å². The molecule has 0 radical (unpaired) electrons. The molecule has 1 aliphatic rings. The van der Waals surface area contributed by atoms with Crippen LogP contribution in [0.4, 0.5) is 16.2 Å². The van der Waals surface area contributed by atoms with Gasteiger partial charge in [-0.2, -0.15) is 0 Å². The summed E-state index contributed by atoms with van der Waals surface area (Å²) in [6, 6.07) is 13.2. The van der Waals surface area contributed by atoms with E-state index in [4.69, 9.17) is 4.74 Å². The lowest BCUT2D eigenvalue weighted by Crippen LogP contribution is -2.45. The fraction of sp³-hybridized carbons (Fsp3) is 0.368. The molecule has 1 fully saturated rings. The van der Waals surface area contributed by atoms with Gasteiger partial charge in [-0.25, -0.2) is 4.79 Å². The van der Waals surface area contributed by atoms with E-state index in [0.717, 1.165) is 30.2 Å². The number of ether oxygens (including phenoxy) is 1. The second-order valence-corrected chi connectivity index (χ2v) is 6.31. The van der Waals surface area contributed by atoms with Gasteiger partial charge in [0, 0.05) is 19.3 Å². The van der Waals surface area contributed by atoms with E-state index in [1.165, 1.54) is 0 Å². The largest absolute Gasteiger partial charge is 0.372 e. The Labute approximate surface area is 148 Å². The van der Waals surface area contributed by atoms with Crippen LogP contribution in [0.5, 0.6) is 0 Å². The molecule has 0 spiro atoms. The Hall–Kier alpha value is -2.60. The summed E-state index contributed by atoms with van der Waals surface area (Å²) >= 11 is 0. The molecule has 1 saturated heterocycles. The Morgan fingerprint density at radius 1 is 1.16 bits per heavy atom. The molecule has 3 rings (SSSR count). The van der Waals surface area contributed by atoms with Crippen molar-refractivity contribution in [1.82, 2.24) is 10.3 Å². The monoisotopic (exact) mass is 340 g/mol. The third-order valence-electron chi connectivity index (χ3n) is 4.07. The van der Waals surface area contributed by atoms with Gasteiger partial charge in [0.05, 0.1) is 35.8 Å². The molecule has 25 heavy (non-hydrogen) atoms. The number of rotatable bonds is 4. The summed E-state index contributed by atoms with van der Waals surface area (Å²) in [6.45, 7) is 6.13. The quantitative estimate of drug-likeness (QED) is 0.898. The van der Waals surface area contributed by atoms with Gasteiger partial charge in [0.15, 0.2) is 0 Å². The van der Waals surface area contributed by atoms with Gasteiger partial charge in [-0.3, -0.25) is 4.98 Å². The molecule has 0 saturated carbocycles. The predicted molar refractivity (Wildman–Crippen MR) is 98.8 cm³/mol. The van der Waals surface area contributed by atoms with E-state index in [1.54, 1.807) is 6.20 Å². The lowest BCUT2D eigenvalue weighted by atomic mass is 10.1. The summed E-state index contributed by atoms with van der Waals surface area (Å²) in [4.78, 5) is 18.7. The summed E-state index contributed by atoms with van der Waals surface area (Å²) in [5.74, 6) is 0. The zero-order valence-corrected chi connectivity index (χ0v) is 14.6. The zero-order valence-electron chi connectivity index (χ0n) is 14.6. The van der Waals surface area contributed by atoms with Gasteiger partial charge < -0.3 is 20.3 Å². The lowest BCUT2D eigenvalue weighted by molar-refractivity contribution is -0.00517. The summed E-state index contributed by atoms with van der Waals surface area (Å²) in [5.41, 5.74) is 2.63. The highest BCUT2D eigenvalue weighted by Gasteiger charge is 2.24. The number of aromatic nitrogens is 1. The molecule has 1 aliphatic heterocycles. The molecule has 2 atom stereocenters. The maximum atomic E-state index is 12.3. The first-order chi connectivity index (χ1) is 12.1. The minimum atomic E-state index is -0.243. The van der Waals surface area contributed by atoms with Crippen molar-refractivity contribution in [3.05, 3.63) is 54.4 Å². The summed E-state index contributed by atoms with van der Waals surface area (Å²) in [7, 11) is 0. The number of carbonyl (C=O) groups is 1. The summed E-state index contributed by atoms with van der Waals surface area (Å²) in [6.07, 6.45) is 2.04. The third-order valence-corrected chi connectivity index (χ3v) is 4.07. The molecule has 2 aromatic rings. The molecule has 6 heteroatoms. The lowest BCUT2D eigenvalue weighted by Gasteiger charge is -2.37. The number of urea groups is 1. The minimum Gasteiger partial charge on any atom is -0.372 e. The van der Waals surface area contributed by atoms with Crippen molar-refractivity contribution in [2.75, 3.05) is 23.3 Å². The molecule has 2 N–H and O–H groups in total. The van der Waals surface area contributed by atoms with Crippen LogP contribution in [0.25, 0.3) is 0 Å². The molecule has 1 aromatic heterocycles. The van der Waals surface area contributed by atoms with E-state index < -0.39 is 0 Å². The van der Waals surface area contributed by atoms with E-state index in [9.17, 15) is 4.79 Å². The van der Waals surface area contributed by atoms with Crippen LogP contribution >= 0.6 is 0 Å². The van der Waals surface area contributed by atoms with Crippen LogP contribution in [-0.4, -0.2) is 36.3 Å². The highest BCUT2D eigenvalue weighted by Crippen LogP contribution is 2.28. The Bertz CT molecular complexity index is 698. The van der Waals surface area contributed by atoms with E-state index in [1.807, 2.05) is 42.5 Å². The first-order valence-electron chi connectivity index (χ1n) is 8.56. The van der Waals surface area contributed by atoms with Gasteiger partial charge in [-0.1, -0.05) is 18.2 Å². The predicted octanol–water partition coefficient (Wildman–Crippen LogP) is 3.02. The van der Waals surface area contributed by atoms with Crippen LogP contribution in [0.15, 0.2) is 48.7 Å². The normalized spacial score (nSPS) is 20.2. The van der Waals surface area contributed by atoms with E-state index >= 15 is 0 Å². The number of pyridine rings is 1. The number of amides is 2. The maximum absolute atomic E-state index is 12.3. The fourth-order valence-corrected chi connectivity index (χ4v) is 3.07. The second kappa shape index (κ2) is 7.98. The number of benzene rings is 1. The van der Waals surface area contributed by atoms with Gasteiger partial charge in [0.2, 0.25) is 0 Å². The summed E-state index contributed by atoms with van der Waals surface area (Å²) < 4.78 is 5.80. The Morgan fingerprint density at radius 3 is 2.60 bits per heavy atom. The number of hydrogen-bond acceptors (Lipinski definition) is 4. The highest BCUT2D eigenvalue weighted by molar-refractivity contribution is 5.93. The topological polar surface area (TPSA) is 66.5 Å². The molecule has 2 amide bonds. The van der Waals surface area contributed by atoms with Crippen molar-refractivity contribution in [2.24, 2.45) is 0 Å². The van der Waals surface area contributed by atoms with Crippen molar-refractivity contribution < 1.29 is 9.53 Å². The summed E-state index contributed by atoms with van der Waals surface area (Å²) in [5, 5.41) is 5.79. The molecule has 0 aliphatic carbocycles. The van der Waals surface area contributed by atoms with Gasteiger partial charge in [-0.05, 0) is 38.1 Å². The zero-order chi connectivity index (χ0) is 17.6. The molecular weight excluding hydrogens is 316 g/mol. The Morgan fingerprint density at radius 2 is 1.88 bits per heavy atom. The molecule has 132 valence electrons. The standard InChI is InChI=1S/C19H24N4O2/c1-14-12-23(13-15(2)25-14)18-9-4-3-8-17(18)22-19(24)21-11-16-7-5-6-10-20-16/h3-10,14-15H,11-13H2,1-2H3,(H2,21,22,24)/t14-,15-/m0/s1. The van der Waals surface area contributed by atoms with Gasteiger partial charge in [0.1, 0.15) is 0 Å². The van der Waals surface area contributed by atoms with Crippen molar-refractivity contribution in [2.45, 2.75) is 32.6 Å². The number of nitrogens with one attached hydrogen (secondary N) is 2. The van der Waals surface area contributed by atoms with Crippen LogP contribution < -0.4 is 15.5 Å². The average Bonchev–Trinajstić information content (AvgIpc) is 2.60. The number of morpholine rings is 1. The first kappa shape index (κ1) is 17.2. The number of nitrogens with zero attached hydrogens (tertiary/aromatic N) is 2. The molecule has 0 bridgehead atoms. The van der Waals surface area contributed by atoms with Crippen molar-refractivity contribution in [1.29, 1.82) is 0 Å². The Kier molecular flexibility index (Phi) is 5.50. The fourth-order valence-electron chi connectivity index (χ4n) is 3.07. The van der Waals surface area contributed by atoms with Crippen molar-refractivity contribution in [3.63, 3.8) is 0 Å². The number of anilines is 2. The highest BCUT2D eigenvalue weighted by atomic mass is 16.5. The van der Waals surface area contributed by atoms with Crippen LogP contribution in [0.2, 0.25) is 0 Å². The average molecular weight is 340 g/mol. The van der Waals surface area contributed by atoms with E-state index in [2.05, 4.69) is 34.4 Å².